The van der Waals surface area contributed by atoms with Crippen molar-refractivity contribution in [2.75, 3.05) is 23.4 Å². The lowest BCUT2D eigenvalue weighted by molar-refractivity contribution is -0.111. The zero-order valence-corrected chi connectivity index (χ0v) is 15.1. The number of amides is 1. The molecule has 0 aromatic heterocycles. The van der Waals surface area contributed by atoms with Gasteiger partial charge in [-0.25, -0.2) is 8.42 Å². The number of carbonyl (C=O) groups excluding carboxylic acids is 1. The Bertz CT molecular complexity index is 905. The second-order valence-corrected chi connectivity index (χ2v) is 7.27. The Morgan fingerprint density at radius 2 is 1.92 bits per heavy atom. The second kappa shape index (κ2) is 7.85. The average Bonchev–Trinajstić information content (AvgIpc) is 2.53. The molecule has 132 valence electrons. The summed E-state index contributed by atoms with van der Waals surface area (Å²) in [5.41, 5.74) is 2.84. The van der Waals surface area contributed by atoms with Crippen LogP contribution in [0.25, 0.3) is 6.08 Å². The first-order valence-corrected chi connectivity index (χ1v) is 9.37. The van der Waals surface area contributed by atoms with Gasteiger partial charge in [0.05, 0.1) is 19.1 Å². The molecule has 0 radical (unpaired) electrons. The molecule has 7 heteroatoms. The van der Waals surface area contributed by atoms with E-state index in [-0.39, 0.29) is 5.91 Å². The summed E-state index contributed by atoms with van der Waals surface area (Å²) < 4.78 is 30.2. The fourth-order valence-corrected chi connectivity index (χ4v) is 2.75. The van der Waals surface area contributed by atoms with Gasteiger partial charge in [0, 0.05) is 17.8 Å². The summed E-state index contributed by atoms with van der Waals surface area (Å²) in [6.45, 7) is 1.98. The Morgan fingerprint density at radius 3 is 2.56 bits per heavy atom. The minimum absolute atomic E-state index is 0.299. The van der Waals surface area contributed by atoms with Gasteiger partial charge in [-0.05, 0) is 30.7 Å². The molecule has 2 aromatic carbocycles. The third-order valence-corrected chi connectivity index (χ3v) is 3.82. The van der Waals surface area contributed by atoms with Crippen LogP contribution in [0.15, 0.2) is 48.5 Å². The molecular formula is C18H20N2O4S. The lowest BCUT2D eigenvalue weighted by Crippen LogP contribution is -2.11. The van der Waals surface area contributed by atoms with Crippen LogP contribution in [-0.2, 0) is 14.8 Å². The Balaban J connectivity index is 2.10. The monoisotopic (exact) mass is 360 g/mol. The molecule has 0 aliphatic rings. The van der Waals surface area contributed by atoms with Crippen molar-refractivity contribution in [2.24, 2.45) is 0 Å². The van der Waals surface area contributed by atoms with Gasteiger partial charge in [0.25, 0.3) is 0 Å². The summed E-state index contributed by atoms with van der Waals surface area (Å²) in [5, 5.41) is 2.71. The Kier molecular flexibility index (Phi) is 5.82. The van der Waals surface area contributed by atoms with Crippen molar-refractivity contribution in [3.8, 4) is 5.75 Å². The summed E-state index contributed by atoms with van der Waals surface area (Å²) in [7, 11) is -1.99. The first kappa shape index (κ1) is 18.5. The topological polar surface area (TPSA) is 84.5 Å². The molecule has 0 aliphatic carbocycles. The standard InChI is InChI=1S/C18H20N2O4S/c1-13-5-4-6-14(11-13)7-10-18(21)19-15-8-9-16(17(12-15)24-2)20-25(3,22)23/h4-12,20H,1-3H3,(H,19,21)/b10-7+. The van der Waals surface area contributed by atoms with Crippen molar-refractivity contribution in [1.82, 2.24) is 0 Å². The van der Waals surface area contributed by atoms with E-state index in [1.165, 1.54) is 19.3 Å². The van der Waals surface area contributed by atoms with E-state index in [1.54, 1.807) is 18.2 Å². The highest BCUT2D eigenvalue weighted by molar-refractivity contribution is 7.92. The zero-order valence-electron chi connectivity index (χ0n) is 14.2. The molecule has 2 N–H and O–H groups in total. The van der Waals surface area contributed by atoms with Crippen LogP contribution < -0.4 is 14.8 Å². The number of ether oxygens (including phenoxy) is 1. The minimum Gasteiger partial charge on any atom is -0.494 e. The van der Waals surface area contributed by atoms with Crippen LogP contribution in [0.3, 0.4) is 0 Å². The van der Waals surface area contributed by atoms with Gasteiger partial charge in [0.2, 0.25) is 15.9 Å². The molecule has 0 saturated carbocycles. The smallest absolute Gasteiger partial charge is 0.248 e. The maximum atomic E-state index is 12.0. The maximum absolute atomic E-state index is 12.0. The molecule has 1 amide bonds. The number of hydrogen-bond acceptors (Lipinski definition) is 4. The highest BCUT2D eigenvalue weighted by atomic mass is 32.2. The average molecular weight is 360 g/mol. The molecule has 0 fully saturated rings. The van der Waals surface area contributed by atoms with Gasteiger partial charge >= 0.3 is 0 Å². The number of aryl methyl sites for hydroxylation is 1. The number of benzene rings is 2. The van der Waals surface area contributed by atoms with E-state index in [0.717, 1.165) is 17.4 Å². The van der Waals surface area contributed by atoms with Crippen LogP contribution in [0.1, 0.15) is 11.1 Å². The summed E-state index contributed by atoms with van der Waals surface area (Å²) >= 11 is 0. The normalized spacial score (nSPS) is 11.3. The number of methoxy groups -OCH3 is 1. The van der Waals surface area contributed by atoms with Gasteiger partial charge in [-0.2, -0.15) is 0 Å². The first-order valence-electron chi connectivity index (χ1n) is 7.48. The number of rotatable bonds is 6. The van der Waals surface area contributed by atoms with Crippen molar-refractivity contribution in [1.29, 1.82) is 0 Å². The van der Waals surface area contributed by atoms with Crippen LogP contribution in [0.2, 0.25) is 0 Å². The highest BCUT2D eigenvalue weighted by Crippen LogP contribution is 2.28. The van der Waals surface area contributed by atoms with E-state index < -0.39 is 10.0 Å². The summed E-state index contributed by atoms with van der Waals surface area (Å²) in [6.07, 6.45) is 4.21. The van der Waals surface area contributed by atoms with Crippen molar-refractivity contribution < 1.29 is 17.9 Å². The zero-order chi connectivity index (χ0) is 18.4. The SMILES string of the molecule is COc1cc(NC(=O)/C=C/c2cccc(C)c2)ccc1NS(C)(=O)=O. The first-order chi connectivity index (χ1) is 11.8. The second-order valence-electron chi connectivity index (χ2n) is 5.53. The lowest BCUT2D eigenvalue weighted by Gasteiger charge is -2.11. The molecule has 0 heterocycles. The van der Waals surface area contributed by atoms with Crippen molar-refractivity contribution >= 4 is 33.4 Å². The van der Waals surface area contributed by atoms with Crippen LogP contribution in [-0.4, -0.2) is 27.7 Å². The molecular weight excluding hydrogens is 340 g/mol. The van der Waals surface area contributed by atoms with Gasteiger partial charge in [-0.15, -0.1) is 0 Å². The largest absolute Gasteiger partial charge is 0.494 e. The molecule has 0 aliphatic heterocycles. The van der Waals surface area contributed by atoms with E-state index in [1.807, 2.05) is 31.2 Å². The van der Waals surface area contributed by atoms with E-state index in [4.69, 9.17) is 4.74 Å². The predicted octanol–water partition coefficient (Wildman–Crippen LogP) is 3.03. The van der Waals surface area contributed by atoms with E-state index in [2.05, 4.69) is 10.0 Å². The van der Waals surface area contributed by atoms with Gasteiger partial charge in [-0.1, -0.05) is 29.8 Å². The molecule has 0 spiro atoms. The number of anilines is 2. The van der Waals surface area contributed by atoms with Crippen LogP contribution in [0.5, 0.6) is 5.75 Å². The van der Waals surface area contributed by atoms with Crippen LogP contribution in [0.4, 0.5) is 11.4 Å². The Labute approximate surface area is 147 Å². The Hall–Kier alpha value is -2.80. The molecule has 6 nitrogen and oxygen atoms in total. The molecule has 2 rings (SSSR count). The van der Waals surface area contributed by atoms with Crippen molar-refractivity contribution in [3.63, 3.8) is 0 Å². The third kappa shape index (κ3) is 5.96. The summed E-state index contributed by atoms with van der Waals surface area (Å²) in [6, 6.07) is 12.4. The number of nitrogens with one attached hydrogen (secondary N) is 2. The van der Waals surface area contributed by atoms with Gasteiger partial charge in [-0.3, -0.25) is 9.52 Å². The van der Waals surface area contributed by atoms with Crippen molar-refractivity contribution in [2.45, 2.75) is 6.92 Å². The molecule has 25 heavy (non-hydrogen) atoms. The fourth-order valence-electron chi connectivity index (χ4n) is 2.18. The fraction of sp³-hybridized carbons (Fsp3) is 0.167. The van der Waals surface area contributed by atoms with E-state index in [9.17, 15) is 13.2 Å². The van der Waals surface area contributed by atoms with Gasteiger partial charge in [0.1, 0.15) is 5.75 Å². The predicted molar refractivity (Wildman–Crippen MR) is 100 cm³/mol. The lowest BCUT2D eigenvalue weighted by atomic mass is 10.1. The number of sulfonamides is 1. The van der Waals surface area contributed by atoms with E-state index in [0.29, 0.717) is 17.1 Å². The molecule has 2 aromatic rings. The number of carbonyl (C=O) groups is 1. The van der Waals surface area contributed by atoms with E-state index >= 15 is 0 Å². The molecule has 0 saturated heterocycles. The highest BCUT2D eigenvalue weighted by Gasteiger charge is 2.09. The van der Waals surface area contributed by atoms with Crippen LogP contribution in [0, 0.1) is 6.92 Å². The third-order valence-electron chi connectivity index (χ3n) is 3.23. The molecule has 0 atom stereocenters. The molecule has 0 bridgehead atoms. The minimum atomic E-state index is -3.42. The Morgan fingerprint density at radius 1 is 1.16 bits per heavy atom. The molecule has 0 unspecified atom stereocenters. The van der Waals surface area contributed by atoms with Crippen LogP contribution >= 0.6 is 0 Å². The summed E-state index contributed by atoms with van der Waals surface area (Å²) in [5.74, 6) is 0.0123. The number of hydrogen-bond donors (Lipinski definition) is 2. The van der Waals surface area contributed by atoms with Gasteiger partial charge in [0.15, 0.2) is 0 Å². The summed E-state index contributed by atoms with van der Waals surface area (Å²) in [4.78, 5) is 12.0. The van der Waals surface area contributed by atoms with Gasteiger partial charge < -0.3 is 10.1 Å². The maximum Gasteiger partial charge on any atom is 0.248 e. The quantitative estimate of drug-likeness (QED) is 0.776. The van der Waals surface area contributed by atoms with Crippen molar-refractivity contribution in [3.05, 3.63) is 59.7 Å².